The summed E-state index contributed by atoms with van der Waals surface area (Å²) in [6, 6.07) is 0. The summed E-state index contributed by atoms with van der Waals surface area (Å²) < 4.78 is 2.17. The van der Waals surface area contributed by atoms with Gasteiger partial charge in [-0.15, -0.1) is 0 Å². The summed E-state index contributed by atoms with van der Waals surface area (Å²) in [7, 11) is 0. The molecule has 3 heteroatoms. The average Bonchev–Trinajstić information content (AvgIpc) is 2.47. The quantitative estimate of drug-likeness (QED) is 0.610. The van der Waals surface area contributed by atoms with Gasteiger partial charge < -0.3 is 9.36 Å². The Morgan fingerprint density at radius 1 is 1.58 bits per heavy atom. The van der Waals surface area contributed by atoms with Crippen LogP contribution in [-0.2, 0) is 24.2 Å². The second-order valence-corrected chi connectivity index (χ2v) is 3.17. The molecule has 3 nitrogen and oxygen atoms in total. The Kier molecular flexibility index (Phi) is 1.94. The van der Waals surface area contributed by atoms with Gasteiger partial charge in [-0.3, -0.25) is 0 Å². The molecule has 0 saturated carbocycles. The second-order valence-electron chi connectivity index (χ2n) is 3.17. The second kappa shape index (κ2) is 3.09. The molecule has 0 spiro atoms. The van der Waals surface area contributed by atoms with Crippen LogP contribution in [0.15, 0.2) is 6.20 Å². The molecule has 2 rings (SSSR count). The lowest BCUT2D eigenvalue weighted by atomic mass is 10.2. The van der Waals surface area contributed by atoms with E-state index in [1.807, 2.05) is 6.20 Å². The normalized spacial score (nSPS) is 15.7. The molecule has 1 aromatic heterocycles. The van der Waals surface area contributed by atoms with Crippen molar-refractivity contribution >= 4 is 6.29 Å². The lowest BCUT2D eigenvalue weighted by Gasteiger charge is -2.11. The number of hydrogen-bond acceptors (Lipinski definition) is 2. The molecule has 0 bridgehead atoms. The summed E-state index contributed by atoms with van der Waals surface area (Å²) in [5.41, 5.74) is 0.918. The summed E-state index contributed by atoms with van der Waals surface area (Å²) in [6.45, 7) is 1.07. The van der Waals surface area contributed by atoms with Gasteiger partial charge in [0, 0.05) is 25.6 Å². The van der Waals surface area contributed by atoms with Gasteiger partial charge in [0.15, 0.2) is 0 Å². The van der Waals surface area contributed by atoms with Crippen LogP contribution in [0.4, 0.5) is 0 Å². The molecule has 0 unspecified atom stereocenters. The van der Waals surface area contributed by atoms with Crippen LogP contribution in [0.5, 0.6) is 0 Å². The number of aldehydes is 1. The number of fused-ring (bicyclic) bond motifs is 1. The number of aromatic nitrogens is 2. The molecular formula is C9H12N2O. The molecule has 0 N–H and O–H groups in total. The van der Waals surface area contributed by atoms with E-state index < -0.39 is 0 Å². The minimum atomic E-state index is 0.458. The van der Waals surface area contributed by atoms with Crippen molar-refractivity contribution in [1.29, 1.82) is 0 Å². The zero-order chi connectivity index (χ0) is 8.39. The third kappa shape index (κ3) is 1.26. The SMILES string of the molecule is O=CCc1cn2c(n1)CCCC2. The van der Waals surface area contributed by atoms with Crippen LogP contribution in [0.3, 0.4) is 0 Å². The summed E-state index contributed by atoms with van der Waals surface area (Å²) in [5.74, 6) is 1.15. The number of hydrogen-bond donors (Lipinski definition) is 0. The first kappa shape index (κ1) is 7.53. The maximum absolute atomic E-state index is 10.2. The van der Waals surface area contributed by atoms with Gasteiger partial charge in [0.2, 0.25) is 0 Å². The minimum Gasteiger partial charge on any atom is -0.335 e. The topological polar surface area (TPSA) is 34.9 Å². The fourth-order valence-electron chi connectivity index (χ4n) is 1.66. The fourth-order valence-corrected chi connectivity index (χ4v) is 1.66. The molecule has 12 heavy (non-hydrogen) atoms. The van der Waals surface area contributed by atoms with Crippen LogP contribution < -0.4 is 0 Å². The number of carbonyl (C=O) groups excluding carboxylic acids is 1. The zero-order valence-corrected chi connectivity index (χ0v) is 6.99. The Balaban J connectivity index is 2.25. The van der Waals surface area contributed by atoms with Crippen molar-refractivity contribution < 1.29 is 4.79 Å². The molecule has 0 saturated heterocycles. The van der Waals surface area contributed by atoms with Crippen LogP contribution in [-0.4, -0.2) is 15.8 Å². The van der Waals surface area contributed by atoms with E-state index in [4.69, 9.17) is 0 Å². The molecule has 1 aliphatic rings. The first-order valence-corrected chi connectivity index (χ1v) is 4.38. The highest BCUT2D eigenvalue weighted by atomic mass is 16.1. The van der Waals surface area contributed by atoms with E-state index in [9.17, 15) is 4.79 Å². The summed E-state index contributed by atoms with van der Waals surface area (Å²) in [4.78, 5) is 14.6. The predicted molar refractivity (Wildman–Crippen MR) is 44.9 cm³/mol. The highest BCUT2D eigenvalue weighted by Gasteiger charge is 2.11. The summed E-state index contributed by atoms with van der Waals surface area (Å²) >= 11 is 0. The van der Waals surface area contributed by atoms with E-state index in [1.54, 1.807) is 0 Å². The van der Waals surface area contributed by atoms with E-state index in [2.05, 4.69) is 9.55 Å². The first-order valence-electron chi connectivity index (χ1n) is 4.38. The van der Waals surface area contributed by atoms with Crippen LogP contribution >= 0.6 is 0 Å². The standard InChI is InChI=1S/C9H12N2O/c12-6-4-8-7-11-5-2-1-3-9(11)10-8/h6-7H,1-5H2. The van der Waals surface area contributed by atoms with Crippen molar-refractivity contribution in [2.45, 2.75) is 32.2 Å². The predicted octanol–water partition coefficient (Wildman–Crippen LogP) is 0.961. The van der Waals surface area contributed by atoms with Crippen molar-refractivity contribution in [2.24, 2.45) is 0 Å². The van der Waals surface area contributed by atoms with Gasteiger partial charge in [0.05, 0.1) is 5.69 Å². The average molecular weight is 164 g/mol. The monoisotopic (exact) mass is 164 g/mol. The van der Waals surface area contributed by atoms with Crippen LogP contribution in [0.2, 0.25) is 0 Å². The molecule has 2 heterocycles. The van der Waals surface area contributed by atoms with Crippen molar-refractivity contribution in [3.63, 3.8) is 0 Å². The molecule has 1 aromatic rings. The maximum atomic E-state index is 10.2. The molecular weight excluding hydrogens is 152 g/mol. The lowest BCUT2D eigenvalue weighted by Crippen LogP contribution is -2.08. The van der Waals surface area contributed by atoms with Crippen LogP contribution in [0, 0.1) is 0 Å². The smallest absolute Gasteiger partial charge is 0.125 e. The van der Waals surface area contributed by atoms with E-state index in [0.717, 1.165) is 30.8 Å². The molecule has 0 fully saturated rings. The molecule has 0 radical (unpaired) electrons. The third-order valence-electron chi connectivity index (χ3n) is 2.25. The van der Waals surface area contributed by atoms with Crippen molar-refractivity contribution in [3.8, 4) is 0 Å². The Morgan fingerprint density at radius 2 is 2.50 bits per heavy atom. The molecule has 0 aromatic carbocycles. The lowest BCUT2D eigenvalue weighted by molar-refractivity contribution is -0.107. The van der Waals surface area contributed by atoms with Gasteiger partial charge in [0.1, 0.15) is 12.1 Å². The van der Waals surface area contributed by atoms with Gasteiger partial charge >= 0.3 is 0 Å². The molecule has 0 aliphatic carbocycles. The number of nitrogens with zero attached hydrogens (tertiary/aromatic N) is 2. The van der Waals surface area contributed by atoms with Gasteiger partial charge in [-0.1, -0.05) is 0 Å². The highest BCUT2D eigenvalue weighted by Crippen LogP contribution is 2.14. The van der Waals surface area contributed by atoms with E-state index in [0.29, 0.717) is 6.42 Å². The number of carbonyl (C=O) groups is 1. The van der Waals surface area contributed by atoms with E-state index >= 15 is 0 Å². The minimum absolute atomic E-state index is 0.458. The van der Waals surface area contributed by atoms with Gasteiger partial charge in [-0.25, -0.2) is 4.98 Å². The number of aryl methyl sites for hydroxylation is 2. The Labute approximate surface area is 71.4 Å². The van der Waals surface area contributed by atoms with E-state index in [-0.39, 0.29) is 0 Å². The van der Waals surface area contributed by atoms with Crippen molar-refractivity contribution in [2.75, 3.05) is 0 Å². The Bertz CT molecular complexity index is 267. The summed E-state index contributed by atoms with van der Waals surface area (Å²) in [6.07, 6.45) is 6.91. The third-order valence-corrected chi connectivity index (χ3v) is 2.25. The highest BCUT2D eigenvalue weighted by molar-refractivity contribution is 5.53. The molecule has 64 valence electrons. The number of imidazole rings is 1. The van der Waals surface area contributed by atoms with Crippen LogP contribution in [0.1, 0.15) is 24.4 Å². The first-order chi connectivity index (χ1) is 5.90. The van der Waals surface area contributed by atoms with Gasteiger partial charge in [-0.2, -0.15) is 0 Å². The number of rotatable bonds is 2. The molecule has 1 aliphatic heterocycles. The Morgan fingerprint density at radius 3 is 3.25 bits per heavy atom. The van der Waals surface area contributed by atoms with E-state index in [1.165, 1.54) is 12.8 Å². The molecule has 0 atom stereocenters. The Hall–Kier alpha value is -1.12. The summed E-state index contributed by atoms with van der Waals surface area (Å²) in [5, 5.41) is 0. The zero-order valence-electron chi connectivity index (χ0n) is 6.99. The van der Waals surface area contributed by atoms with Crippen LogP contribution in [0.25, 0.3) is 0 Å². The van der Waals surface area contributed by atoms with Crippen molar-refractivity contribution in [1.82, 2.24) is 9.55 Å². The fraction of sp³-hybridized carbons (Fsp3) is 0.556. The van der Waals surface area contributed by atoms with Gasteiger partial charge in [0.25, 0.3) is 0 Å². The molecule has 0 amide bonds. The van der Waals surface area contributed by atoms with Gasteiger partial charge in [-0.05, 0) is 12.8 Å². The maximum Gasteiger partial charge on any atom is 0.125 e. The van der Waals surface area contributed by atoms with Crippen molar-refractivity contribution in [3.05, 3.63) is 17.7 Å². The largest absolute Gasteiger partial charge is 0.335 e.